The number of nitrogens with zero attached hydrogens (tertiary/aromatic N) is 8. The van der Waals surface area contributed by atoms with Crippen molar-refractivity contribution < 1.29 is 8.83 Å². The zero-order valence-electron chi connectivity index (χ0n) is 73.6. The largest absolute Gasteiger partial charge is 0.456 e. The SMILES string of the molecule is c1ccc(-c2ccc(-c3ccccc3)c(-c3ccc(-c4ccc5oc6cc7c8ccccc8n(-c8ccccc8)c7cc6c5c4)c(-c4nc(-c5ccccc5)nc(-c5ccccc5)n4)c3)c2)cc1.c1ccc(-c2ccc(-c3ccccc3)c(-c3ccc(-c4cccc5oc6cc7c8ccccc8n(-c8ccccc8)c7cc6c45)c(-c4nc(-c5ccccc5)nc(-c5ccccc5)n4)c3)c2)cc1. The van der Waals surface area contributed by atoms with Gasteiger partial charge in [0.15, 0.2) is 34.9 Å². The maximum Gasteiger partial charge on any atom is 0.164 e. The summed E-state index contributed by atoms with van der Waals surface area (Å²) in [4.78, 5) is 31.5. The highest BCUT2D eigenvalue weighted by atomic mass is 16.3. The first-order chi connectivity index (χ1) is 67.4. The Morgan fingerprint density at radius 3 is 0.882 bits per heavy atom. The van der Waals surface area contributed by atoms with E-state index in [-0.39, 0.29) is 0 Å². The lowest BCUT2D eigenvalue weighted by atomic mass is 9.88. The van der Waals surface area contributed by atoms with E-state index in [1.165, 1.54) is 10.8 Å². The fourth-order valence-electron chi connectivity index (χ4n) is 19.7. The molecule has 6 heterocycles. The molecular formula is C126H80N8O2. The van der Waals surface area contributed by atoms with E-state index in [1.54, 1.807) is 0 Å². The van der Waals surface area contributed by atoms with Crippen molar-refractivity contribution in [2.75, 3.05) is 0 Å². The van der Waals surface area contributed by atoms with Gasteiger partial charge in [-0.3, -0.25) is 0 Å². The van der Waals surface area contributed by atoms with E-state index in [2.05, 4.69) is 422 Å². The fraction of sp³-hybridized carbons (Fsp3) is 0. The Hall–Kier alpha value is -18.4. The van der Waals surface area contributed by atoms with Gasteiger partial charge >= 0.3 is 0 Å². The molecular weight excluding hydrogens is 1660 g/mol. The quantitative estimate of drug-likeness (QED) is 0.0940. The van der Waals surface area contributed by atoms with Crippen LogP contribution in [0.3, 0.4) is 0 Å². The number of rotatable bonds is 16. The lowest BCUT2D eigenvalue weighted by Gasteiger charge is -2.17. The molecule has 0 atom stereocenters. The molecule has 0 saturated carbocycles. The molecule has 0 N–H and O–H groups in total. The number of furan rings is 2. The average Bonchev–Trinajstić information content (AvgIpc) is 1.57. The molecule has 0 radical (unpaired) electrons. The van der Waals surface area contributed by atoms with Crippen molar-refractivity contribution in [2.45, 2.75) is 0 Å². The highest BCUT2D eigenvalue weighted by Gasteiger charge is 2.27. The maximum absolute atomic E-state index is 6.85. The smallest absolute Gasteiger partial charge is 0.164 e. The number of fused-ring (bicyclic) bond motifs is 12. The molecule has 0 aliphatic carbocycles. The molecule has 0 amide bonds. The lowest BCUT2D eigenvalue weighted by Crippen LogP contribution is -2.01. The van der Waals surface area contributed by atoms with E-state index >= 15 is 0 Å². The second kappa shape index (κ2) is 34.2. The van der Waals surface area contributed by atoms with Crippen molar-refractivity contribution in [1.82, 2.24) is 39.0 Å². The Morgan fingerprint density at radius 2 is 0.449 bits per heavy atom. The Morgan fingerprint density at radius 1 is 0.140 bits per heavy atom. The van der Waals surface area contributed by atoms with Crippen LogP contribution < -0.4 is 0 Å². The van der Waals surface area contributed by atoms with Gasteiger partial charge < -0.3 is 18.0 Å². The van der Waals surface area contributed by atoms with E-state index in [9.17, 15) is 0 Å². The summed E-state index contributed by atoms with van der Waals surface area (Å²) < 4.78 is 18.3. The minimum absolute atomic E-state index is 0.575. The van der Waals surface area contributed by atoms with E-state index in [1.807, 2.05) is 72.8 Å². The van der Waals surface area contributed by atoms with Crippen LogP contribution in [0.25, 0.3) is 256 Å². The third kappa shape index (κ3) is 14.6. The zero-order valence-corrected chi connectivity index (χ0v) is 73.6. The average molecular weight is 1740 g/mol. The monoisotopic (exact) mass is 1740 g/mol. The minimum Gasteiger partial charge on any atom is -0.456 e. The standard InChI is InChI=1S/2C63H40N4O/c1-6-19-41(20-7-1)45-33-35-48(42-21-8-2-9-22-42)52(37-45)46-34-36-49(54(38-46)63-65-61(43-23-10-3-11-24-43)64-62(66-63)44-25-12-4-13-26-44)51-30-18-32-58-60(51)55-39-57-53(40-59(55)68-58)50-29-16-17-31-56(50)67(57)47-27-14-5-15-28-47;1-6-18-41(19-7-1)45-30-33-49(42-20-8-2-9-21-42)52(36-45)47-31-34-50(56(38-47)63-65-61(43-22-10-3-11-23-43)64-62(66-63)44-24-12-4-13-25-44)46-32-35-59-54(37-46)55-39-58-53(40-60(55)68-59)51-28-16-17-29-57(51)67(58)48-26-14-5-15-27-48/h2*1-40H. The van der Waals surface area contributed by atoms with Gasteiger partial charge in [-0.05, 0) is 192 Å². The van der Waals surface area contributed by atoms with Gasteiger partial charge in [-0.25, -0.2) is 29.9 Å². The highest BCUT2D eigenvalue weighted by molar-refractivity contribution is 6.21. The van der Waals surface area contributed by atoms with Crippen molar-refractivity contribution in [3.05, 3.63) is 485 Å². The van der Waals surface area contributed by atoms with Crippen LogP contribution in [0, 0.1) is 0 Å². The maximum atomic E-state index is 6.85. The van der Waals surface area contributed by atoms with Crippen LogP contribution in [0.5, 0.6) is 0 Å². The second-order valence-corrected chi connectivity index (χ2v) is 34.3. The van der Waals surface area contributed by atoms with Crippen LogP contribution in [-0.4, -0.2) is 39.0 Å². The molecule has 6 aromatic heterocycles. The molecule has 0 bridgehead atoms. The first-order valence-corrected chi connectivity index (χ1v) is 45.8. The molecule has 0 saturated heterocycles. The van der Waals surface area contributed by atoms with E-state index < -0.39 is 0 Å². The summed E-state index contributed by atoms with van der Waals surface area (Å²) >= 11 is 0. The van der Waals surface area contributed by atoms with Crippen LogP contribution in [0.2, 0.25) is 0 Å². The van der Waals surface area contributed by atoms with Crippen LogP contribution in [-0.2, 0) is 0 Å². The molecule has 0 fully saturated rings. The molecule has 26 rings (SSSR count). The Bertz CT molecular complexity index is 8930. The van der Waals surface area contributed by atoms with Gasteiger partial charge in [-0.2, -0.15) is 0 Å². The van der Waals surface area contributed by atoms with Crippen molar-refractivity contribution in [1.29, 1.82) is 0 Å². The van der Waals surface area contributed by atoms with Crippen LogP contribution in [0.15, 0.2) is 494 Å². The third-order valence-corrected chi connectivity index (χ3v) is 26.1. The summed E-state index contributed by atoms with van der Waals surface area (Å²) in [5.74, 6) is 3.58. The summed E-state index contributed by atoms with van der Waals surface area (Å²) in [6.07, 6.45) is 0. The van der Waals surface area contributed by atoms with E-state index in [0.29, 0.717) is 34.9 Å². The molecule has 0 spiro atoms. The summed E-state index contributed by atoms with van der Waals surface area (Å²) in [7, 11) is 0. The molecule has 10 heteroatoms. The van der Waals surface area contributed by atoms with Gasteiger partial charge in [0.05, 0.1) is 22.1 Å². The summed E-state index contributed by atoms with van der Waals surface area (Å²) in [5.41, 5.74) is 33.0. The van der Waals surface area contributed by atoms with Gasteiger partial charge in [0.25, 0.3) is 0 Å². The Labute approximate surface area is 784 Å². The van der Waals surface area contributed by atoms with Crippen LogP contribution >= 0.6 is 0 Å². The van der Waals surface area contributed by atoms with Gasteiger partial charge in [-0.15, -0.1) is 0 Å². The van der Waals surface area contributed by atoms with Crippen molar-refractivity contribution in [3.8, 4) is 169 Å². The normalized spacial score (nSPS) is 11.5. The highest BCUT2D eigenvalue weighted by Crippen LogP contribution is 2.49. The molecule has 136 heavy (non-hydrogen) atoms. The molecule has 26 aromatic rings. The number of para-hydroxylation sites is 4. The summed E-state index contributed by atoms with van der Waals surface area (Å²) in [6.45, 7) is 0. The van der Waals surface area contributed by atoms with Gasteiger partial charge in [0, 0.05) is 87.8 Å². The minimum atomic E-state index is 0.575. The van der Waals surface area contributed by atoms with Crippen LogP contribution in [0.4, 0.5) is 0 Å². The van der Waals surface area contributed by atoms with Gasteiger partial charge in [0.2, 0.25) is 0 Å². The van der Waals surface area contributed by atoms with Gasteiger partial charge in [-0.1, -0.05) is 382 Å². The fourth-order valence-corrected chi connectivity index (χ4v) is 19.7. The summed E-state index contributed by atoms with van der Waals surface area (Å²) in [5, 5.41) is 8.80. The first-order valence-electron chi connectivity index (χ1n) is 45.8. The Balaban J connectivity index is 0.000000145. The molecule has 0 aliphatic rings. The molecule has 10 nitrogen and oxygen atoms in total. The van der Waals surface area contributed by atoms with Crippen molar-refractivity contribution >= 4 is 87.5 Å². The van der Waals surface area contributed by atoms with Gasteiger partial charge in [0.1, 0.15) is 22.3 Å². The summed E-state index contributed by atoms with van der Waals surface area (Å²) in [6, 6.07) is 171. The van der Waals surface area contributed by atoms with Crippen LogP contribution in [0.1, 0.15) is 0 Å². The first kappa shape index (κ1) is 79.8. The molecule has 0 unspecified atom stereocenters. The Kier molecular flexibility index (Phi) is 20.0. The third-order valence-electron chi connectivity index (χ3n) is 26.1. The lowest BCUT2D eigenvalue weighted by molar-refractivity contribution is 0.669. The second-order valence-electron chi connectivity index (χ2n) is 34.3. The topological polar surface area (TPSA) is 113 Å². The van der Waals surface area contributed by atoms with Crippen molar-refractivity contribution in [2.24, 2.45) is 0 Å². The van der Waals surface area contributed by atoms with Crippen molar-refractivity contribution in [3.63, 3.8) is 0 Å². The molecule has 0 aliphatic heterocycles. The number of hydrogen-bond acceptors (Lipinski definition) is 8. The predicted octanol–water partition coefficient (Wildman–Crippen LogP) is 33.1. The predicted molar refractivity (Wildman–Crippen MR) is 559 cm³/mol. The number of hydrogen-bond donors (Lipinski definition) is 0. The number of aromatic nitrogens is 8. The van der Waals surface area contributed by atoms with E-state index in [0.717, 1.165) is 210 Å². The molecule has 20 aromatic carbocycles. The molecule has 636 valence electrons. The zero-order chi connectivity index (χ0) is 89.9. The number of benzene rings is 20. The van der Waals surface area contributed by atoms with E-state index in [4.69, 9.17) is 38.7 Å².